The predicted molar refractivity (Wildman–Crippen MR) is 47.3 cm³/mol. The first-order valence-electron chi connectivity index (χ1n) is 4.63. The molecule has 0 radical (unpaired) electrons. The van der Waals surface area contributed by atoms with E-state index in [-0.39, 0.29) is 5.25 Å². The van der Waals surface area contributed by atoms with E-state index in [2.05, 4.69) is 6.92 Å². The predicted octanol–water partition coefficient (Wildman–Crippen LogP) is 0.820. The van der Waals surface area contributed by atoms with Gasteiger partial charge in [0.2, 0.25) is 10.0 Å². The van der Waals surface area contributed by atoms with Crippen molar-refractivity contribution in [2.24, 2.45) is 5.92 Å². The summed E-state index contributed by atoms with van der Waals surface area (Å²) in [4.78, 5) is 0. The van der Waals surface area contributed by atoms with Crippen LogP contribution in [0.25, 0.3) is 0 Å². The molecular formula is C8H15NO2S. The Kier molecular flexibility index (Phi) is 1.92. The molecule has 1 aliphatic carbocycles. The van der Waals surface area contributed by atoms with Crippen LogP contribution < -0.4 is 0 Å². The number of sulfonamides is 1. The van der Waals surface area contributed by atoms with Crippen LogP contribution in [0.2, 0.25) is 0 Å². The summed E-state index contributed by atoms with van der Waals surface area (Å²) in [5.41, 5.74) is 0. The normalized spacial score (nSPS) is 27.1. The lowest BCUT2D eigenvalue weighted by Crippen LogP contribution is -2.50. The minimum Gasteiger partial charge on any atom is -0.212 e. The van der Waals surface area contributed by atoms with E-state index in [9.17, 15) is 8.42 Å². The number of rotatable bonds is 3. The first-order chi connectivity index (χ1) is 5.64. The minimum atomic E-state index is -2.84. The van der Waals surface area contributed by atoms with E-state index >= 15 is 0 Å². The molecule has 4 heteroatoms. The van der Waals surface area contributed by atoms with Crippen molar-refractivity contribution in [1.82, 2.24) is 4.31 Å². The second kappa shape index (κ2) is 2.70. The molecule has 1 aliphatic heterocycles. The Bertz CT molecular complexity index is 263. The maximum atomic E-state index is 11.6. The molecule has 0 amide bonds. The van der Waals surface area contributed by atoms with Crippen LogP contribution in [0, 0.1) is 5.92 Å². The summed E-state index contributed by atoms with van der Waals surface area (Å²) in [7, 11) is -2.84. The molecule has 1 saturated heterocycles. The quantitative estimate of drug-likeness (QED) is 0.659. The topological polar surface area (TPSA) is 37.4 Å². The summed E-state index contributed by atoms with van der Waals surface area (Å²) in [5, 5.41) is -0.0182. The van der Waals surface area contributed by atoms with Gasteiger partial charge in [0, 0.05) is 13.1 Å². The maximum absolute atomic E-state index is 11.6. The first kappa shape index (κ1) is 8.51. The lowest BCUT2D eigenvalue weighted by Gasteiger charge is -2.37. The van der Waals surface area contributed by atoms with Gasteiger partial charge in [0.15, 0.2) is 0 Å². The van der Waals surface area contributed by atoms with Crippen molar-refractivity contribution in [2.75, 3.05) is 13.1 Å². The van der Waals surface area contributed by atoms with Crippen LogP contribution in [-0.4, -0.2) is 31.1 Å². The number of hydrogen-bond donors (Lipinski definition) is 0. The molecular weight excluding hydrogens is 174 g/mol. The van der Waals surface area contributed by atoms with Gasteiger partial charge in [-0.05, 0) is 18.8 Å². The van der Waals surface area contributed by atoms with Gasteiger partial charge in [0.25, 0.3) is 0 Å². The lowest BCUT2D eigenvalue weighted by atomic mass is 10.0. The van der Waals surface area contributed by atoms with Crippen molar-refractivity contribution in [1.29, 1.82) is 0 Å². The second-order valence-corrected chi connectivity index (χ2v) is 6.05. The summed E-state index contributed by atoms with van der Waals surface area (Å²) in [6, 6.07) is 0. The van der Waals surface area contributed by atoms with Crippen LogP contribution in [0.15, 0.2) is 0 Å². The van der Waals surface area contributed by atoms with Gasteiger partial charge in [0.05, 0.1) is 5.25 Å². The second-order valence-electron chi connectivity index (χ2n) is 3.84. The van der Waals surface area contributed by atoms with E-state index in [1.165, 1.54) is 0 Å². The fourth-order valence-corrected chi connectivity index (χ4v) is 3.56. The van der Waals surface area contributed by atoms with E-state index in [1.54, 1.807) is 4.31 Å². The molecule has 0 bridgehead atoms. The van der Waals surface area contributed by atoms with Gasteiger partial charge in [-0.1, -0.05) is 13.3 Å². The first-order valence-corrected chi connectivity index (χ1v) is 6.14. The molecule has 1 saturated carbocycles. The van der Waals surface area contributed by atoms with E-state index in [4.69, 9.17) is 0 Å². The third kappa shape index (κ3) is 1.27. The summed E-state index contributed by atoms with van der Waals surface area (Å²) in [6.07, 6.45) is 2.88. The highest BCUT2D eigenvalue weighted by Crippen LogP contribution is 2.34. The molecule has 0 atom stereocenters. The molecule has 0 aromatic rings. The number of nitrogens with zero attached hydrogens (tertiary/aromatic N) is 1. The maximum Gasteiger partial charge on any atom is 0.217 e. The van der Waals surface area contributed by atoms with Gasteiger partial charge in [0.1, 0.15) is 0 Å². The van der Waals surface area contributed by atoms with Gasteiger partial charge in [-0.15, -0.1) is 0 Å². The third-order valence-corrected chi connectivity index (χ3v) is 5.14. The lowest BCUT2D eigenvalue weighted by molar-refractivity contribution is 0.195. The Morgan fingerprint density at radius 1 is 1.33 bits per heavy atom. The SMILES string of the molecule is CCC1CN(S(=O)(=O)C2CC2)C1. The largest absolute Gasteiger partial charge is 0.217 e. The highest BCUT2D eigenvalue weighted by Gasteiger charge is 2.44. The van der Waals surface area contributed by atoms with Crippen LogP contribution >= 0.6 is 0 Å². The molecule has 0 aromatic carbocycles. The summed E-state index contributed by atoms with van der Waals surface area (Å²) in [6.45, 7) is 3.66. The van der Waals surface area contributed by atoms with E-state index < -0.39 is 10.0 Å². The molecule has 2 rings (SSSR count). The van der Waals surface area contributed by atoms with E-state index in [1.807, 2.05) is 0 Å². The van der Waals surface area contributed by atoms with Gasteiger partial charge < -0.3 is 0 Å². The van der Waals surface area contributed by atoms with Crippen LogP contribution in [0.1, 0.15) is 26.2 Å². The Labute approximate surface area is 73.8 Å². The Morgan fingerprint density at radius 2 is 1.92 bits per heavy atom. The molecule has 1 heterocycles. The fourth-order valence-electron chi connectivity index (χ4n) is 1.57. The standard InChI is InChI=1S/C8H15NO2S/c1-2-7-5-9(6-7)12(10,11)8-3-4-8/h7-8H,2-6H2,1H3. The van der Waals surface area contributed by atoms with Crippen molar-refractivity contribution in [3.63, 3.8) is 0 Å². The van der Waals surface area contributed by atoms with E-state index in [0.717, 1.165) is 32.4 Å². The van der Waals surface area contributed by atoms with Crippen molar-refractivity contribution < 1.29 is 8.42 Å². The smallest absolute Gasteiger partial charge is 0.212 e. The Hall–Kier alpha value is -0.0900. The summed E-state index contributed by atoms with van der Waals surface area (Å²) < 4.78 is 24.8. The van der Waals surface area contributed by atoms with Gasteiger partial charge in [-0.3, -0.25) is 0 Å². The van der Waals surface area contributed by atoms with Gasteiger partial charge in [-0.25, -0.2) is 12.7 Å². The van der Waals surface area contributed by atoms with Crippen LogP contribution in [0.4, 0.5) is 0 Å². The monoisotopic (exact) mass is 189 g/mol. The molecule has 0 spiro atoms. The van der Waals surface area contributed by atoms with Crippen molar-refractivity contribution in [2.45, 2.75) is 31.4 Å². The molecule has 0 aromatic heterocycles. The van der Waals surface area contributed by atoms with Crippen molar-refractivity contribution in [3.05, 3.63) is 0 Å². The minimum absolute atomic E-state index is 0.0182. The van der Waals surface area contributed by atoms with Gasteiger partial charge in [-0.2, -0.15) is 0 Å². The molecule has 2 aliphatic rings. The fraction of sp³-hybridized carbons (Fsp3) is 1.00. The van der Waals surface area contributed by atoms with E-state index in [0.29, 0.717) is 5.92 Å². The number of hydrogen-bond acceptors (Lipinski definition) is 2. The molecule has 12 heavy (non-hydrogen) atoms. The summed E-state index contributed by atoms with van der Waals surface area (Å²) in [5.74, 6) is 0.624. The van der Waals surface area contributed by atoms with Crippen molar-refractivity contribution in [3.8, 4) is 0 Å². The zero-order valence-corrected chi connectivity index (χ0v) is 8.18. The highest BCUT2D eigenvalue weighted by atomic mass is 32.2. The van der Waals surface area contributed by atoms with Crippen LogP contribution in [0.5, 0.6) is 0 Å². The average Bonchev–Trinajstić information content (AvgIpc) is 2.63. The van der Waals surface area contributed by atoms with Crippen molar-refractivity contribution >= 4 is 10.0 Å². The van der Waals surface area contributed by atoms with Crippen LogP contribution in [0.3, 0.4) is 0 Å². The highest BCUT2D eigenvalue weighted by molar-refractivity contribution is 7.90. The zero-order chi connectivity index (χ0) is 8.77. The third-order valence-electron chi connectivity index (χ3n) is 2.81. The summed E-state index contributed by atoms with van der Waals surface area (Å²) >= 11 is 0. The Morgan fingerprint density at radius 3 is 2.33 bits per heavy atom. The molecule has 3 nitrogen and oxygen atoms in total. The zero-order valence-electron chi connectivity index (χ0n) is 7.36. The average molecular weight is 189 g/mol. The molecule has 0 unspecified atom stereocenters. The van der Waals surface area contributed by atoms with Crippen LogP contribution in [-0.2, 0) is 10.0 Å². The molecule has 0 N–H and O–H groups in total. The molecule has 2 fully saturated rings. The molecule has 70 valence electrons. The Balaban J connectivity index is 1.94. The van der Waals surface area contributed by atoms with Gasteiger partial charge >= 0.3 is 0 Å².